The smallest absolute Gasteiger partial charge is 0.254 e. The van der Waals surface area contributed by atoms with Crippen LogP contribution in [-0.2, 0) is 6.42 Å². The van der Waals surface area contributed by atoms with Gasteiger partial charge in [0.25, 0.3) is 5.91 Å². The Morgan fingerprint density at radius 1 is 1.17 bits per heavy atom. The van der Waals surface area contributed by atoms with Gasteiger partial charge in [0.05, 0.1) is 5.56 Å². The van der Waals surface area contributed by atoms with Gasteiger partial charge in [-0.2, -0.15) is 15.9 Å². The van der Waals surface area contributed by atoms with E-state index >= 15 is 0 Å². The minimum Gasteiger partial charge on any atom is -0.352 e. The Kier molecular flexibility index (Phi) is 3.89. The number of piperazine rings is 1. The first kappa shape index (κ1) is 15.1. The molecule has 0 bridgehead atoms. The zero-order valence-electron chi connectivity index (χ0n) is 13.4. The molecule has 0 atom stereocenters. The fraction of sp³-hybridized carbons (Fsp3) is 0.375. The Morgan fingerprint density at radius 2 is 2.00 bits per heavy atom. The van der Waals surface area contributed by atoms with Crippen LogP contribution in [0.3, 0.4) is 0 Å². The molecule has 24 heavy (non-hydrogen) atoms. The van der Waals surface area contributed by atoms with Crippen molar-refractivity contribution in [1.82, 2.24) is 24.7 Å². The fourth-order valence-corrected chi connectivity index (χ4v) is 3.55. The number of nitrogens with zero attached hydrogens (tertiary/aromatic N) is 6. The molecule has 124 valence electrons. The number of rotatable bonds is 3. The van der Waals surface area contributed by atoms with Gasteiger partial charge in [-0.1, -0.05) is 6.92 Å². The summed E-state index contributed by atoms with van der Waals surface area (Å²) in [4.78, 5) is 16.5. The van der Waals surface area contributed by atoms with E-state index in [-0.39, 0.29) is 5.91 Å². The van der Waals surface area contributed by atoms with Gasteiger partial charge in [-0.05, 0) is 23.6 Å². The Balaban J connectivity index is 1.48. The molecule has 1 fully saturated rings. The van der Waals surface area contributed by atoms with E-state index in [1.54, 1.807) is 15.9 Å². The highest BCUT2D eigenvalue weighted by Gasteiger charge is 2.23. The molecule has 3 aromatic rings. The summed E-state index contributed by atoms with van der Waals surface area (Å²) in [5.74, 6) is 1.88. The second-order valence-corrected chi connectivity index (χ2v) is 6.50. The molecule has 4 rings (SSSR count). The van der Waals surface area contributed by atoms with Gasteiger partial charge in [0.2, 0.25) is 0 Å². The highest BCUT2D eigenvalue weighted by molar-refractivity contribution is 7.08. The molecule has 0 spiro atoms. The summed E-state index contributed by atoms with van der Waals surface area (Å²) in [7, 11) is 0. The summed E-state index contributed by atoms with van der Waals surface area (Å²) in [6.45, 7) is 5.00. The second kappa shape index (κ2) is 6.20. The Morgan fingerprint density at radius 3 is 2.71 bits per heavy atom. The molecule has 7 nitrogen and oxygen atoms in total. The summed E-state index contributed by atoms with van der Waals surface area (Å²) in [6, 6.07) is 5.80. The Hall–Kier alpha value is -2.48. The molecule has 0 aromatic carbocycles. The summed E-state index contributed by atoms with van der Waals surface area (Å²) < 4.78 is 1.80. The molecule has 1 saturated heterocycles. The van der Waals surface area contributed by atoms with Crippen LogP contribution in [0, 0.1) is 0 Å². The van der Waals surface area contributed by atoms with E-state index < -0.39 is 0 Å². The molecule has 8 heteroatoms. The number of aromatic nitrogens is 4. The van der Waals surface area contributed by atoms with Crippen LogP contribution < -0.4 is 4.90 Å². The van der Waals surface area contributed by atoms with E-state index in [4.69, 9.17) is 0 Å². The highest BCUT2D eigenvalue weighted by Crippen LogP contribution is 2.17. The van der Waals surface area contributed by atoms with Gasteiger partial charge in [-0.3, -0.25) is 4.79 Å². The van der Waals surface area contributed by atoms with Crippen LogP contribution in [0.2, 0.25) is 0 Å². The number of hydrogen-bond acceptors (Lipinski definition) is 6. The van der Waals surface area contributed by atoms with Crippen LogP contribution in [0.1, 0.15) is 23.1 Å². The van der Waals surface area contributed by atoms with Gasteiger partial charge in [-0.15, -0.1) is 15.3 Å². The molecule has 0 N–H and O–H groups in total. The number of hydrogen-bond donors (Lipinski definition) is 0. The van der Waals surface area contributed by atoms with Crippen LogP contribution in [-0.4, -0.2) is 56.8 Å². The fourth-order valence-electron chi connectivity index (χ4n) is 2.92. The average molecular weight is 342 g/mol. The number of carbonyl (C=O) groups is 1. The van der Waals surface area contributed by atoms with E-state index in [1.807, 2.05) is 40.8 Å². The van der Waals surface area contributed by atoms with Crippen molar-refractivity contribution < 1.29 is 4.79 Å². The maximum Gasteiger partial charge on any atom is 0.254 e. The first-order chi connectivity index (χ1) is 11.8. The zero-order chi connectivity index (χ0) is 16.5. The molecule has 1 amide bonds. The predicted molar refractivity (Wildman–Crippen MR) is 92.6 cm³/mol. The molecule has 0 saturated carbocycles. The summed E-state index contributed by atoms with van der Waals surface area (Å²) in [6.07, 6.45) is 0.792. The molecule has 0 aliphatic carbocycles. The van der Waals surface area contributed by atoms with Crippen LogP contribution in [0.5, 0.6) is 0 Å². The predicted octanol–water partition coefficient (Wildman–Crippen LogP) is 1.71. The first-order valence-corrected chi connectivity index (χ1v) is 8.98. The van der Waals surface area contributed by atoms with Gasteiger partial charge >= 0.3 is 0 Å². The topological polar surface area (TPSA) is 66.6 Å². The molecular weight excluding hydrogens is 324 g/mol. The van der Waals surface area contributed by atoms with Gasteiger partial charge < -0.3 is 9.80 Å². The van der Waals surface area contributed by atoms with E-state index in [2.05, 4.69) is 20.2 Å². The van der Waals surface area contributed by atoms with Gasteiger partial charge in [-0.25, -0.2) is 0 Å². The van der Waals surface area contributed by atoms with Crippen molar-refractivity contribution in [2.45, 2.75) is 13.3 Å². The van der Waals surface area contributed by atoms with Crippen LogP contribution in [0.25, 0.3) is 5.65 Å². The van der Waals surface area contributed by atoms with Crippen LogP contribution >= 0.6 is 11.3 Å². The SMILES string of the molecule is CCc1nnc2ccc(N3CCN(C(=O)c4ccsc4)CC3)nn12. The lowest BCUT2D eigenvalue weighted by Gasteiger charge is -2.35. The molecule has 0 radical (unpaired) electrons. The third kappa shape index (κ3) is 2.62. The monoisotopic (exact) mass is 342 g/mol. The molecular formula is C16H18N6OS. The quantitative estimate of drug-likeness (QED) is 0.725. The van der Waals surface area contributed by atoms with Crippen LogP contribution in [0.4, 0.5) is 5.82 Å². The lowest BCUT2D eigenvalue weighted by molar-refractivity contribution is 0.0747. The highest BCUT2D eigenvalue weighted by atomic mass is 32.1. The standard InChI is InChI=1S/C16H18N6OS/c1-2-13-17-18-14-3-4-15(19-22(13)14)20-6-8-21(9-7-20)16(23)12-5-10-24-11-12/h3-5,10-11H,2,6-9H2,1H3. The number of fused-ring (bicyclic) bond motifs is 1. The molecule has 3 aromatic heterocycles. The van der Waals surface area contributed by atoms with E-state index in [0.717, 1.165) is 42.4 Å². The van der Waals surface area contributed by atoms with Crippen LogP contribution in [0.15, 0.2) is 29.0 Å². The molecule has 1 aliphatic heterocycles. The Labute approximate surface area is 143 Å². The number of thiophene rings is 1. The third-order valence-electron chi connectivity index (χ3n) is 4.29. The number of carbonyl (C=O) groups excluding carboxylic acids is 1. The second-order valence-electron chi connectivity index (χ2n) is 5.72. The number of aryl methyl sites for hydroxylation is 1. The Bertz CT molecular complexity index is 851. The maximum absolute atomic E-state index is 12.4. The molecule has 0 unspecified atom stereocenters. The van der Waals surface area contributed by atoms with Crippen molar-refractivity contribution in [2.24, 2.45) is 0 Å². The van der Waals surface area contributed by atoms with E-state index in [1.165, 1.54) is 0 Å². The van der Waals surface area contributed by atoms with Gasteiger partial charge in [0, 0.05) is 38.0 Å². The number of amides is 1. The largest absolute Gasteiger partial charge is 0.352 e. The van der Waals surface area contributed by atoms with Gasteiger partial charge in [0.1, 0.15) is 5.82 Å². The lowest BCUT2D eigenvalue weighted by Crippen LogP contribution is -2.49. The maximum atomic E-state index is 12.4. The van der Waals surface area contributed by atoms with Crippen molar-refractivity contribution in [3.63, 3.8) is 0 Å². The molecule has 1 aliphatic rings. The normalized spacial score (nSPS) is 15.2. The van der Waals surface area contributed by atoms with Gasteiger partial charge in [0.15, 0.2) is 11.5 Å². The van der Waals surface area contributed by atoms with Crippen molar-refractivity contribution in [3.05, 3.63) is 40.3 Å². The average Bonchev–Trinajstić information content (AvgIpc) is 3.30. The summed E-state index contributed by atoms with van der Waals surface area (Å²) >= 11 is 1.55. The third-order valence-corrected chi connectivity index (χ3v) is 4.97. The van der Waals surface area contributed by atoms with Crippen molar-refractivity contribution in [2.75, 3.05) is 31.1 Å². The van der Waals surface area contributed by atoms with Crippen molar-refractivity contribution in [1.29, 1.82) is 0 Å². The molecule has 4 heterocycles. The van der Waals surface area contributed by atoms with E-state index in [0.29, 0.717) is 13.1 Å². The minimum absolute atomic E-state index is 0.117. The lowest BCUT2D eigenvalue weighted by atomic mass is 10.2. The van der Waals surface area contributed by atoms with E-state index in [9.17, 15) is 4.79 Å². The number of anilines is 1. The minimum atomic E-state index is 0.117. The van der Waals surface area contributed by atoms with Crippen molar-refractivity contribution >= 4 is 28.7 Å². The summed E-state index contributed by atoms with van der Waals surface area (Å²) in [5, 5.41) is 16.8. The first-order valence-electron chi connectivity index (χ1n) is 8.04. The zero-order valence-corrected chi connectivity index (χ0v) is 14.2. The summed E-state index contributed by atoms with van der Waals surface area (Å²) in [5.41, 5.74) is 1.55. The van der Waals surface area contributed by atoms with Crippen molar-refractivity contribution in [3.8, 4) is 0 Å².